The predicted octanol–water partition coefficient (Wildman–Crippen LogP) is 4.37. The van der Waals surface area contributed by atoms with Gasteiger partial charge in [0.15, 0.2) is 5.82 Å². The van der Waals surface area contributed by atoms with Gasteiger partial charge in [-0.3, -0.25) is 0 Å². The third kappa shape index (κ3) is 2.74. The van der Waals surface area contributed by atoms with Crippen LogP contribution in [0, 0.1) is 0 Å². The quantitative estimate of drug-likeness (QED) is 0.549. The lowest BCUT2D eigenvalue weighted by Gasteiger charge is -2.03. The van der Waals surface area contributed by atoms with E-state index in [2.05, 4.69) is 36.5 Å². The van der Waals surface area contributed by atoms with Gasteiger partial charge in [0, 0.05) is 15.7 Å². The Labute approximate surface area is 150 Å². The first kappa shape index (κ1) is 15.1. The average molecular weight is 402 g/mol. The lowest BCUT2D eigenvalue weighted by molar-refractivity contribution is 0.415. The van der Waals surface area contributed by atoms with Crippen LogP contribution in [0.1, 0.15) is 0 Å². The Morgan fingerprint density at radius 2 is 1.88 bits per heavy atom. The van der Waals surface area contributed by atoms with Crippen LogP contribution in [0.25, 0.3) is 16.3 Å². The molecule has 0 aliphatic heterocycles. The highest BCUT2D eigenvalue weighted by atomic mass is 79.9. The number of fused-ring (bicyclic) bond motifs is 1. The molecule has 0 saturated heterocycles. The van der Waals surface area contributed by atoms with Gasteiger partial charge in [0.2, 0.25) is 10.1 Å². The summed E-state index contributed by atoms with van der Waals surface area (Å²) in [5.41, 5.74) is 1.88. The Bertz CT molecular complexity index is 995. The second-order valence-electron chi connectivity index (χ2n) is 4.96. The van der Waals surface area contributed by atoms with Crippen molar-refractivity contribution in [3.8, 4) is 17.1 Å². The number of ether oxygens (including phenoxy) is 1. The smallest absolute Gasteiger partial charge is 0.236 e. The third-order valence-corrected chi connectivity index (χ3v) is 4.95. The van der Waals surface area contributed by atoms with E-state index >= 15 is 0 Å². The molecule has 8 heteroatoms. The van der Waals surface area contributed by atoms with Crippen LogP contribution in [0.4, 0.5) is 10.8 Å². The molecule has 0 atom stereocenters. The number of hydrogen-bond donors (Lipinski definition) is 1. The highest BCUT2D eigenvalue weighted by molar-refractivity contribution is 9.10. The van der Waals surface area contributed by atoms with Crippen molar-refractivity contribution in [3.63, 3.8) is 0 Å². The number of nitrogens with zero attached hydrogens (tertiary/aromatic N) is 4. The molecule has 1 N–H and O–H groups in total. The van der Waals surface area contributed by atoms with Crippen LogP contribution in [0.5, 0.6) is 5.75 Å². The average Bonchev–Trinajstić information content (AvgIpc) is 3.16. The van der Waals surface area contributed by atoms with Gasteiger partial charge in [0.1, 0.15) is 5.75 Å². The minimum atomic E-state index is 0.705. The van der Waals surface area contributed by atoms with Crippen molar-refractivity contribution in [3.05, 3.63) is 53.0 Å². The van der Waals surface area contributed by atoms with Gasteiger partial charge in [-0.2, -0.15) is 4.52 Å². The highest BCUT2D eigenvalue weighted by Crippen LogP contribution is 2.30. The first-order valence-corrected chi connectivity index (χ1v) is 8.74. The van der Waals surface area contributed by atoms with Crippen LogP contribution in [0.3, 0.4) is 0 Å². The Hall–Kier alpha value is -2.45. The lowest BCUT2D eigenvalue weighted by Crippen LogP contribution is -1.94. The van der Waals surface area contributed by atoms with Crippen LogP contribution in [0.2, 0.25) is 0 Å². The first-order chi connectivity index (χ1) is 11.7. The number of nitrogens with one attached hydrogen (secondary N) is 1. The molecule has 6 nitrogen and oxygen atoms in total. The molecule has 4 aromatic rings. The molecule has 4 rings (SSSR count). The molecular formula is C16H12BrN5OS. The summed E-state index contributed by atoms with van der Waals surface area (Å²) in [6.07, 6.45) is 0. The van der Waals surface area contributed by atoms with Crippen molar-refractivity contribution in [2.75, 3.05) is 12.4 Å². The van der Waals surface area contributed by atoms with E-state index in [1.54, 1.807) is 11.6 Å². The lowest BCUT2D eigenvalue weighted by atomic mass is 10.2. The van der Waals surface area contributed by atoms with Crippen molar-refractivity contribution < 1.29 is 4.74 Å². The van der Waals surface area contributed by atoms with E-state index in [0.29, 0.717) is 5.82 Å². The van der Waals surface area contributed by atoms with Gasteiger partial charge in [-0.1, -0.05) is 39.4 Å². The molecule has 0 radical (unpaired) electrons. The number of methoxy groups -OCH3 is 1. The van der Waals surface area contributed by atoms with Gasteiger partial charge in [0.25, 0.3) is 0 Å². The summed E-state index contributed by atoms with van der Waals surface area (Å²) in [7, 11) is 1.65. The largest absolute Gasteiger partial charge is 0.497 e. The van der Waals surface area contributed by atoms with Gasteiger partial charge in [-0.15, -0.1) is 15.3 Å². The monoisotopic (exact) mass is 401 g/mol. The van der Waals surface area contributed by atoms with Crippen LogP contribution in [-0.4, -0.2) is 26.9 Å². The number of halogens is 1. The number of rotatable bonds is 4. The summed E-state index contributed by atoms with van der Waals surface area (Å²) < 4.78 is 7.87. The molecule has 120 valence electrons. The molecule has 0 spiro atoms. The predicted molar refractivity (Wildman–Crippen MR) is 98.1 cm³/mol. The van der Waals surface area contributed by atoms with Crippen molar-refractivity contribution in [1.29, 1.82) is 0 Å². The summed E-state index contributed by atoms with van der Waals surface area (Å²) in [6.45, 7) is 0. The highest BCUT2D eigenvalue weighted by Gasteiger charge is 2.15. The molecule has 24 heavy (non-hydrogen) atoms. The van der Waals surface area contributed by atoms with Gasteiger partial charge >= 0.3 is 0 Å². The molecule has 0 aliphatic carbocycles. The minimum absolute atomic E-state index is 0.705. The first-order valence-electron chi connectivity index (χ1n) is 7.13. The zero-order valence-electron chi connectivity index (χ0n) is 12.6. The van der Waals surface area contributed by atoms with E-state index in [0.717, 1.165) is 31.6 Å². The normalized spacial score (nSPS) is 10.9. The fourth-order valence-corrected chi connectivity index (χ4v) is 3.50. The summed E-state index contributed by atoms with van der Waals surface area (Å²) in [5, 5.41) is 17.1. The van der Waals surface area contributed by atoms with Gasteiger partial charge in [-0.25, -0.2) is 0 Å². The zero-order valence-corrected chi connectivity index (χ0v) is 15.0. The van der Waals surface area contributed by atoms with Crippen LogP contribution in [0.15, 0.2) is 53.0 Å². The van der Waals surface area contributed by atoms with Crippen molar-refractivity contribution in [1.82, 2.24) is 19.8 Å². The Kier molecular flexibility index (Phi) is 3.91. The third-order valence-electron chi connectivity index (χ3n) is 3.45. The maximum absolute atomic E-state index is 5.16. The molecule has 2 aromatic heterocycles. The second-order valence-corrected chi connectivity index (χ2v) is 6.77. The maximum atomic E-state index is 5.16. The van der Waals surface area contributed by atoms with E-state index in [-0.39, 0.29) is 0 Å². The van der Waals surface area contributed by atoms with Crippen molar-refractivity contribution >= 4 is 43.0 Å². The fraction of sp³-hybridized carbons (Fsp3) is 0.0625. The van der Waals surface area contributed by atoms with E-state index in [1.165, 1.54) is 11.3 Å². The van der Waals surface area contributed by atoms with Crippen LogP contribution >= 0.6 is 27.3 Å². The second kappa shape index (κ2) is 6.21. The van der Waals surface area contributed by atoms with E-state index in [9.17, 15) is 0 Å². The van der Waals surface area contributed by atoms with E-state index in [1.807, 2.05) is 48.5 Å². The molecule has 2 heterocycles. The SMILES string of the molecule is COc1ccc(Nc2nn3c(-c4ccccc4Br)nnc3s2)cc1. The maximum Gasteiger partial charge on any atom is 0.236 e. The molecule has 0 amide bonds. The van der Waals surface area contributed by atoms with Crippen molar-refractivity contribution in [2.24, 2.45) is 0 Å². The number of hydrogen-bond acceptors (Lipinski definition) is 6. The van der Waals surface area contributed by atoms with Gasteiger partial charge in [-0.05, 0) is 36.4 Å². The summed E-state index contributed by atoms with van der Waals surface area (Å²) in [4.78, 5) is 0.733. The van der Waals surface area contributed by atoms with E-state index < -0.39 is 0 Å². The Balaban J connectivity index is 1.68. The molecule has 0 saturated carbocycles. The van der Waals surface area contributed by atoms with Gasteiger partial charge < -0.3 is 10.1 Å². The van der Waals surface area contributed by atoms with Crippen molar-refractivity contribution in [2.45, 2.75) is 0 Å². The Morgan fingerprint density at radius 1 is 1.08 bits per heavy atom. The van der Waals surface area contributed by atoms with Crippen LogP contribution < -0.4 is 10.1 Å². The summed E-state index contributed by atoms with van der Waals surface area (Å²) in [5.74, 6) is 1.52. The minimum Gasteiger partial charge on any atom is -0.497 e. The zero-order chi connectivity index (χ0) is 16.5. The molecule has 2 aromatic carbocycles. The number of aromatic nitrogens is 4. The molecule has 0 unspecified atom stereocenters. The standard InChI is InChI=1S/C16H12BrN5OS/c1-23-11-8-6-10(7-9-11)18-15-21-22-14(19-20-16(22)24-15)12-4-2-3-5-13(12)17/h2-9H,1H3,(H,18,21). The topological polar surface area (TPSA) is 64.3 Å². The molecule has 0 aliphatic rings. The fourth-order valence-electron chi connectivity index (χ4n) is 2.28. The van der Waals surface area contributed by atoms with Gasteiger partial charge in [0.05, 0.1) is 7.11 Å². The van der Waals surface area contributed by atoms with Crippen LogP contribution in [-0.2, 0) is 0 Å². The Morgan fingerprint density at radius 3 is 2.62 bits per heavy atom. The molecule has 0 fully saturated rings. The van der Waals surface area contributed by atoms with E-state index in [4.69, 9.17) is 4.74 Å². The summed E-state index contributed by atoms with van der Waals surface area (Å²) >= 11 is 4.99. The number of benzene rings is 2. The summed E-state index contributed by atoms with van der Waals surface area (Å²) in [6, 6.07) is 15.6. The molecule has 0 bridgehead atoms. The molecular weight excluding hydrogens is 390 g/mol. The number of anilines is 2.